The second-order valence-electron chi connectivity index (χ2n) is 3.59. The van der Waals surface area contributed by atoms with E-state index in [9.17, 15) is 0 Å². The minimum atomic E-state index is -1.25. The molecule has 0 aliphatic heterocycles. The maximum atomic E-state index is 6.20. The van der Waals surface area contributed by atoms with E-state index in [0.717, 1.165) is 13.0 Å². The van der Waals surface area contributed by atoms with Crippen molar-refractivity contribution in [1.29, 1.82) is 0 Å². The van der Waals surface area contributed by atoms with Crippen LogP contribution in [0, 0.1) is 0 Å². The normalized spacial score (nSPS) is 12.9. The summed E-state index contributed by atoms with van der Waals surface area (Å²) >= 11 is 0. The molecular formula is C9H25NOSi2. The Hall–Kier alpha value is 0.354. The van der Waals surface area contributed by atoms with Crippen LogP contribution in [-0.2, 0) is 4.12 Å². The van der Waals surface area contributed by atoms with E-state index in [1.54, 1.807) is 0 Å². The van der Waals surface area contributed by atoms with Crippen LogP contribution >= 0.6 is 0 Å². The quantitative estimate of drug-likeness (QED) is 0.500. The van der Waals surface area contributed by atoms with E-state index < -0.39 is 8.32 Å². The summed E-state index contributed by atoms with van der Waals surface area (Å²) in [6.07, 6.45) is 1.16. The third-order valence-electron chi connectivity index (χ3n) is 2.94. The summed E-state index contributed by atoms with van der Waals surface area (Å²) in [5, 5.41) is 0. The van der Waals surface area contributed by atoms with Gasteiger partial charge in [-0.05, 0) is 37.1 Å². The summed E-state index contributed by atoms with van der Waals surface area (Å²) in [5.41, 5.74) is 5.45. The highest BCUT2D eigenvalue weighted by Gasteiger charge is 2.27. The molecule has 0 aliphatic rings. The Kier molecular flexibility index (Phi) is 7.94. The molecule has 0 aromatic carbocycles. The van der Waals surface area contributed by atoms with Gasteiger partial charge in [0, 0.05) is 0 Å². The minimum absolute atomic E-state index is 0.255. The van der Waals surface area contributed by atoms with Gasteiger partial charge in [0.15, 0.2) is 8.32 Å². The van der Waals surface area contributed by atoms with Crippen molar-refractivity contribution in [2.75, 3.05) is 6.54 Å². The van der Waals surface area contributed by atoms with Crippen molar-refractivity contribution in [2.24, 2.45) is 5.73 Å². The van der Waals surface area contributed by atoms with Crippen LogP contribution < -0.4 is 5.73 Å². The fourth-order valence-corrected chi connectivity index (χ4v) is 8.34. The van der Waals surface area contributed by atoms with Gasteiger partial charge in [-0.1, -0.05) is 20.8 Å². The van der Waals surface area contributed by atoms with Gasteiger partial charge in [-0.2, -0.15) is 0 Å². The lowest BCUT2D eigenvalue weighted by molar-refractivity contribution is 0.562. The first kappa shape index (κ1) is 13.4. The van der Waals surface area contributed by atoms with Gasteiger partial charge in [0.2, 0.25) is 0 Å². The molecule has 0 bridgehead atoms. The molecule has 2 nitrogen and oxygen atoms in total. The molecule has 0 radical (unpaired) electrons. The monoisotopic (exact) mass is 219 g/mol. The van der Waals surface area contributed by atoms with E-state index in [0.29, 0.717) is 0 Å². The first-order valence-corrected chi connectivity index (χ1v) is 9.69. The molecule has 0 aromatic rings. The minimum Gasteiger partial charge on any atom is -0.460 e. The summed E-state index contributed by atoms with van der Waals surface area (Å²) in [7, 11) is -1.50. The van der Waals surface area contributed by atoms with Gasteiger partial charge in [-0.25, -0.2) is 0 Å². The molecule has 0 aliphatic carbocycles. The zero-order valence-corrected chi connectivity index (χ0v) is 11.8. The fourth-order valence-electron chi connectivity index (χ4n) is 1.59. The zero-order chi connectivity index (χ0) is 10.2. The van der Waals surface area contributed by atoms with Crippen molar-refractivity contribution in [2.45, 2.75) is 51.4 Å². The van der Waals surface area contributed by atoms with Crippen molar-refractivity contribution >= 4 is 18.1 Å². The maximum absolute atomic E-state index is 6.20. The SMILES string of the molecule is CC[Si](CC)(CC)O[SiH2]CCCN. The van der Waals surface area contributed by atoms with Crippen LogP contribution in [0.2, 0.25) is 24.2 Å². The predicted octanol–water partition coefficient (Wildman–Crippen LogP) is 1.86. The van der Waals surface area contributed by atoms with Crippen molar-refractivity contribution in [3.05, 3.63) is 0 Å². The molecule has 0 saturated carbocycles. The molecular weight excluding hydrogens is 194 g/mol. The molecule has 0 aromatic heterocycles. The number of hydrogen-bond donors (Lipinski definition) is 1. The summed E-state index contributed by atoms with van der Waals surface area (Å²) in [6.45, 7) is 7.69. The topological polar surface area (TPSA) is 35.2 Å². The van der Waals surface area contributed by atoms with Crippen LogP contribution in [0.15, 0.2) is 0 Å². The number of rotatable bonds is 8. The van der Waals surface area contributed by atoms with Gasteiger partial charge in [0.25, 0.3) is 0 Å². The van der Waals surface area contributed by atoms with E-state index >= 15 is 0 Å². The lowest BCUT2D eigenvalue weighted by atomic mass is 10.5. The smallest absolute Gasteiger partial charge is 0.178 e. The summed E-state index contributed by atoms with van der Waals surface area (Å²) in [6, 6.07) is 5.13. The Labute approximate surface area is 86.3 Å². The van der Waals surface area contributed by atoms with Gasteiger partial charge >= 0.3 is 0 Å². The average molecular weight is 219 g/mol. The molecule has 0 spiro atoms. The standard InChI is InChI=1S/C9H25NOSi2/c1-4-13(5-2,6-3)11-12-9-7-8-10/h4-10,12H2,1-3H3. The second-order valence-corrected chi connectivity index (χ2v) is 10.3. The molecule has 0 heterocycles. The van der Waals surface area contributed by atoms with Gasteiger partial charge in [0.05, 0.1) is 0 Å². The molecule has 0 unspecified atom stereocenters. The van der Waals surface area contributed by atoms with Crippen LogP contribution in [-0.4, -0.2) is 24.6 Å². The molecule has 0 amide bonds. The average Bonchev–Trinajstić information content (AvgIpc) is 2.20. The van der Waals surface area contributed by atoms with E-state index in [2.05, 4.69) is 20.8 Å². The summed E-state index contributed by atoms with van der Waals surface area (Å²) in [4.78, 5) is 0. The van der Waals surface area contributed by atoms with Gasteiger partial charge < -0.3 is 9.85 Å². The Morgan fingerprint density at radius 3 is 2.08 bits per heavy atom. The van der Waals surface area contributed by atoms with Crippen LogP contribution in [0.25, 0.3) is 0 Å². The van der Waals surface area contributed by atoms with Crippen LogP contribution in [0.1, 0.15) is 27.2 Å². The number of nitrogens with two attached hydrogens (primary N) is 1. The highest BCUT2D eigenvalue weighted by Crippen LogP contribution is 2.21. The molecule has 4 heteroatoms. The second kappa shape index (κ2) is 7.73. The van der Waals surface area contributed by atoms with Crippen molar-refractivity contribution in [3.63, 3.8) is 0 Å². The van der Waals surface area contributed by atoms with Crippen molar-refractivity contribution < 1.29 is 4.12 Å². The van der Waals surface area contributed by atoms with Crippen molar-refractivity contribution in [1.82, 2.24) is 0 Å². The first-order chi connectivity index (χ1) is 6.24. The van der Waals surface area contributed by atoms with Gasteiger partial charge in [-0.15, -0.1) is 0 Å². The van der Waals surface area contributed by atoms with E-state index in [1.807, 2.05) is 0 Å². The van der Waals surface area contributed by atoms with Gasteiger partial charge in [0.1, 0.15) is 9.76 Å². The molecule has 13 heavy (non-hydrogen) atoms. The lowest BCUT2D eigenvalue weighted by Crippen LogP contribution is -2.37. The Morgan fingerprint density at radius 2 is 1.69 bits per heavy atom. The van der Waals surface area contributed by atoms with E-state index in [1.165, 1.54) is 24.2 Å². The lowest BCUT2D eigenvalue weighted by Gasteiger charge is -2.28. The van der Waals surface area contributed by atoms with Crippen LogP contribution in [0.5, 0.6) is 0 Å². The molecule has 80 valence electrons. The third kappa shape index (κ3) is 4.95. The first-order valence-electron chi connectivity index (χ1n) is 5.58. The summed E-state index contributed by atoms with van der Waals surface area (Å²) in [5.74, 6) is 0. The largest absolute Gasteiger partial charge is 0.460 e. The van der Waals surface area contributed by atoms with E-state index in [4.69, 9.17) is 9.85 Å². The Bertz CT molecular complexity index is 110. The maximum Gasteiger partial charge on any atom is 0.178 e. The van der Waals surface area contributed by atoms with Crippen molar-refractivity contribution in [3.8, 4) is 0 Å². The molecule has 0 rings (SSSR count). The third-order valence-corrected chi connectivity index (χ3v) is 10.9. The highest BCUT2D eigenvalue weighted by molar-refractivity contribution is 6.77. The summed E-state index contributed by atoms with van der Waals surface area (Å²) < 4.78 is 6.20. The van der Waals surface area contributed by atoms with E-state index in [-0.39, 0.29) is 9.76 Å². The highest BCUT2D eigenvalue weighted by atomic mass is 28.4. The van der Waals surface area contributed by atoms with Gasteiger partial charge in [-0.3, -0.25) is 0 Å². The molecule has 0 saturated heterocycles. The Morgan fingerprint density at radius 1 is 1.15 bits per heavy atom. The van der Waals surface area contributed by atoms with Crippen LogP contribution in [0.3, 0.4) is 0 Å². The fraction of sp³-hybridized carbons (Fsp3) is 1.00. The Balaban J connectivity index is 3.68. The predicted molar refractivity (Wildman–Crippen MR) is 65.3 cm³/mol. The molecule has 0 fully saturated rings. The van der Waals surface area contributed by atoms with Crippen LogP contribution in [0.4, 0.5) is 0 Å². The zero-order valence-electron chi connectivity index (χ0n) is 9.44. The molecule has 2 N–H and O–H groups in total. The molecule has 0 atom stereocenters. The number of hydrogen-bond acceptors (Lipinski definition) is 2.